The van der Waals surface area contributed by atoms with E-state index in [9.17, 15) is 0 Å². The SMILES string of the molecule is C(=Cc1ccc(-n2nccn2)cc1)c1ccccc1. The first-order chi connectivity index (χ1) is 9.42. The van der Waals surface area contributed by atoms with Crippen molar-refractivity contribution < 1.29 is 0 Å². The molecule has 0 saturated heterocycles. The quantitative estimate of drug-likeness (QED) is 0.664. The monoisotopic (exact) mass is 247 g/mol. The zero-order valence-electron chi connectivity index (χ0n) is 10.3. The molecular formula is C16H13N3. The van der Waals surface area contributed by atoms with Gasteiger partial charge in [-0.15, -0.1) is 0 Å². The van der Waals surface area contributed by atoms with E-state index >= 15 is 0 Å². The largest absolute Gasteiger partial charge is 0.157 e. The summed E-state index contributed by atoms with van der Waals surface area (Å²) >= 11 is 0. The van der Waals surface area contributed by atoms with Gasteiger partial charge in [0.2, 0.25) is 0 Å². The van der Waals surface area contributed by atoms with E-state index in [-0.39, 0.29) is 0 Å². The second-order valence-electron chi connectivity index (χ2n) is 4.15. The summed E-state index contributed by atoms with van der Waals surface area (Å²) in [7, 11) is 0. The molecule has 0 spiro atoms. The van der Waals surface area contributed by atoms with E-state index in [1.165, 1.54) is 5.56 Å². The summed E-state index contributed by atoms with van der Waals surface area (Å²) in [4.78, 5) is 1.60. The molecule has 3 heteroatoms. The predicted molar refractivity (Wildman–Crippen MR) is 76.7 cm³/mol. The molecule has 0 aliphatic heterocycles. The van der Waals surface area contributed by atoms with Gasteiger partial charge in [-0.1, -0.05) is 54.6 Å². The van der Waals surface area contributed by atoms with Crippen LogP contribution in [-0.4, -0.2) is 15.0 Å². The molecule has 92 valence electrons. The minimum atomic E-state index is 0.960. The maximum atomic E-state index is 4.10. The van der Waals surface area contributed by atoms with Crippen LogP contribution in [0.25, 0.3) is 17.8 Å². The first-order valence-electron chi connectivity index (χ1n) is 6.12. The van der Waals surface area contributed by atoms with Gasteiger partial charge in [0.25, 0.3) is 0 Å². The van der Waals surface area contributed by atoms with Crippen LogP contribution >= 0.6 is 0 Å². The van der Waals surface area contributed by atoms with Crippen LogP contribution in [0.15, 0.2) is 67.0 Å². The Balaban J connectivity index is 1.78. The van der Waals surface area contributed by atoms with Gasteiger partial charge >= 0.3 is 0 Å². The summed E-state index contributed by atoms with van der Waals surface area (Å²) in [6.45, 7) is 0. The predicted octanol–water partition coefficient (Wildman–Crippen LogP) is 3.44. The zero-order valence-corrected chi connectivity index (χ0v) is 10.3. The molecular weight excluding hydrogens is 234 g/mol. The maximum absolute atomic E-state index is 4.10. The number of nitrogens with zero attached hydrogens (tertiary/aromatic N) is 3. The van der Waals surface area contributed by atoms with Crippen molar-refractivity contribution >= 4 is 12.2 Å². The highest BCUT2D eigenvalue weighted by atomic mass is 15.5. The van der Waals surface area contributed by atoms with Gasteiger partial charge in [-0.25, -0.2) is 0 Å². The zero-order chi connectivity index (χ0) is 12.9. The van der Waals surface area contributed by atoms with Crippen molar-refractivity contribution in [3.63, 3.8) is 0 Å². The molecule has 3 nitrogen and oxygen atoms in total. The fraction of sp³-hybridized carbons (Fsp3) is 0. The van der Waals surface area contributed by atoms with Gasteiger partial charge in [-0.2, -0.15) is 15.0 Å². The molecule has 0 bridgehead atoms. The summed E-state index contributed by atoms with van der Waals surface area (Å²) in [5, 5.41) is 8.19. The second kappa shape index (κ2) is 5.31. The first-order valence-corrected chi connectivity index (χ1v) is 6.12. The average Bonchev–Trinajstić information content (AvgIpc) is 3.01. The number of aromatic nitrogens is 3. The topological polar surface area (TPSA) is 30.7 Å². The highest BCUT2D eigenvalue weighted by molar-refractivity contribution is 5.69. The molecule has 0 atom stereocenters. The van der Waals surface area contributed by atoms with E-state index in [1.54, 1.807) is 17.2 Å². The molecule has 2 aromatic carbocycles. The molecule has 3 aromatic rings. The number of hydrogen-bond acceptors (Lipinski definition) is 2. The van der Waals surface area contributed by atoms with Crippen LogP contribution in [0.1, 0.15) is 11.1 Å². The molecule has 0 fully saturated rings. The maximum Gasteiger partial charge on any atom is 0.0857 e. The van der Waals surface area contributed by atoms with E-state index in [2.05, 4.69) is 46.6 Å². The second-order valence-corrected chi connectivity index (χ2v) is 4.15. The lowest BCUT2D eigenvalue weighted by Gasteiger charge is -2.00. The number of hydrogen-bond donors (Lipinski definition) is 0. The fourth-order valence-corrected chi connectivity index (χ4v) is 1.82. The van der Waals surface area contributed by atoms with E-state index in [0.29, 0.717) is 0 Å². The Bertz CT molecular complexity index is 653. The summed E-state index contributed by atoms with van der Waals surface area (Å²) in [5.74, 6) is 0. The Morgan fingerprint density at radius 3 is 1.89 bits per heavy atom. The van der Waals surface area contributed by atoms with Gasteiger partial charge in [-0.3, -0.25) is 0 Å². The Morgan fingerprint density at radius 2 is 1.26 bits per heavy atom. The van der Waals surface area contributed by atoms with E-state index < -0.39 is 0 Å². The molecule has 0 radical (unpaired) electrons. The molecule has 0 amide bonds. The first kappa shape index (κ1) is 11.4. The summed E-state index contributed by atoms with van der Waals surface area (Å²) in [5.41, 5.74) is 3.31. The molecule has 0 saturated carbocycles. The Morgan fingerprint density at radius 1 is 0.684 bits per heavy atom. The lowest BCUT2D eigenvalue weighted by atomic mass is 10.1. The Hall–Kier alpha value is -2.68. The van der Waals surface area contributed by atoms with Crippen LogP contribution in [0, 0.1) is 0 Å². The molecule has 1 aromatic heterocycles. The van der Waals surface area contributed by atoms with Crippen LogP contribution in [0.3, 0.4) is 0 Å². The van der Waals surface area contributed by atoms with Crippen molar-refractivity contribution in [3.8, 4) is 5.69 Å². The number of benzene rings is 2. The van der Waals surface area contributed by atoms with Gasteiger partial charge in [0.1, 0.15) is 0 Å². The van der Waals surface area contributed by atoms with Crippen molar-refractivity contribution in [1.29, 1.82) is 0 Å². The third-order valence-electron chi connectivity index (χ3n) is 2.81. The lowest BCUT2D eigenvalue weighted by molar-refractivity contribution is 0.752. The van der Waals surface area contributed by atoms with Crippen molar-refractivity contribution in [2.24, 2.45) is 0 Å². The summed E-state index contributed by atoms with van der Waals surface area (Å²) in [6, 6.07) is 18.4. The van der Waals surface area contributed by atoms with Crippen LogP contribution in [0.4, 0.5) is 0 Å². The highest BCUT2D eigenvalue weighted by Crippen LogP contribution is 2.11. The van der Waals surface area contributed by atoms with Crippen LogP contribution in [-0.2, 0) is 0 Å². The molecule has 19 heavy (non-hydrogen) atoms. The van der Waals surface area contributed by atoms with Gasteiger partial charge in [0, 0.05) is 0 Å². The third kappa shape index (κ3) is 2.77. The van der Waals surface area contributed by atoms with Crippen LogP contribution in [0.2, 0.25) is 0 Å². The minimum Gasteiger partial charge on any atom is -0.157 e. The van der Waals surface area contributed by atoms with Gasteiger partial charge in [0.15, 0.2) is 0 Å². The molecule has 0 aliphatic carbocycles. The fourth-order valence-electron chi connectivity index (χ4n) is 1.82. The van der Waals surface area contributed by atoms with E-state index in [0.717, 1.165) is 11.3 Å². The molecule has 3 rings (SSSR count). The standard InChI is InChI=1S/C16H13N3/c1-2-4-14(5-3-1)6-7-15-8-10-16(11-9-15)19-17-12-13-18-19/h1-13H. The van der Waals surface area contributed by atoms with Crippen molar-refractivity contribution in [3.05, 3.63) is 78.1 Å². The van der Waals surface area contributed by atoms with Gasteiger partial charge in [0.05, 0.1) is 18.1 Å². The van der Waals surface area contributed by atoms with Crippen LogP contribution < -0.4 is 0 Å². The van der Waals surface area contributed by atoms with Crippen molar-refractivity contribution in [1.82, 2.24) is 15.0 Å². The average molecular weight is 247 g/mol. The molecule has 0 unspecified atom stereocenters. The van der Waals surface area contributed by atoms with E-state index in [4.69, 9.17) is 0 Å². The minimum absolute atomic E-state index is 0.960. The van der Waals surface area contributed by atoms with Crippen molar-refractivity contribution in [2.45, 2.75) is 0 Å². The third-order valence-corrected chi connectivity index (χ3v) is 2.81. The number of rotatable bonds is 3. The van der Waals surface area contributed by atoms with Gasteiger partial charge in [-0.05, 0) is 23.3 Å². The van der Waals surface area contributed by atoms with E-state index in [1.807, 2.05) is 30.3 Å². The van der Waals surface area contributed by atoms with Crippen LogP contribution in [0.5, 0.6) is 0 Å². The highest BCUT2D eigenvalue weighted by Gasteiger charge is 1.96. The Labute approximate surface area is 111 Å². The summed E-state index contributed by atoms with van der Waals surface area (Å²) < 4.78 is 0. The smallest absolute Gasteiger partial charge is 0.0857 e. The lowest BCUT2D eigenvalue weighted by Crippen LogP contribution is -1.97. The summed E-state index contributed by atoms with van der Waals surface area (Å²) in [6.07, 6.45) is 7.53. The molecule has 0 aliphatic rings. The Kier molecular flexibility index (Phi) is 3.19. The van der Waals surface area contributed by atoms with Crippen molar-refractivity contribution in [2.75, 3.05) is 0 Å². The van der Waals surface area contributed by atoms with Gasteiger partial charge < -0.3 is 0 Å². The molecule has 1 heterocycles. The molecule has 0 N–H and O–H groups in total. The normalized spacial score (nSPS) is 10.9.